The van der Waals surface area contributed by atoms with Gasteiger partial charge >= 0.3 is 12.0 Å². The van der Waals surface area contributed by atoms with Gasteiger partial charge in [-0.2, -0.15) is 0 Å². The largest absolute Gasteiger partial charge is 0.468 e. The first-order valence-corrected chi connectivity index (χ1v) is 8.39. The van der Waals surface area contributed by atoms with Gasteiger partial charge in [-0.15, -0.1) is 0 Å². The highest BCUT2D eigenvalue weighted by molar-refractivity contribution is 9.10. The van der Waals surface area contributed by atoms with Crippen molar-refractivity contribution < 1.29 is 18.7 Å². The van der Waals surface area contributed by atoms with Crippen LogP contribution in [-0.2, 0) is 16.0 Å². The Morgan fingerprint density at radius 3 is 3.04 bits per heavy atom. The van der Waals surface area contributed by atoms with Crippen LogP contribution in [0.25, 0.3) is 0 Å². The lowest BCUT2D eigenvalue weighted by Gasteiger charge is -2.35. The summed E-state index contributed by atoms with van der Waals surface area (Å²) >= 11 is 3.23. The summed E-state index contributed by atoms with van der Waals surface area (Å²) in [6.45, 7) is 0.108. The van der Waals surface area contributed by atoms with Gasteiger partial charge in [0.2, 0.25) is 0 Å². The van der Waals surface area contributed by atoms with Crippen LogP contribution in [0.4, 0.5) is 9.18 Å². The quantitative estimate of drug-likeness (QED) is 0.758. The number of H-pyrrole nitrogens is 1. The minimum Gasteiger partial charge on any atom is -0.468 e. The average molecular weight is 411 g/mol. The molecule has 0 saturated heterocycles. The summed E-state index contributed by atoms with van der Waals surface area (Å²) in [4.78, 5) is 32.6. The molecule has 132 valence electrons. The summed E-state index contributed by atoms with van der Waals surface area (Å²) in [6.07, 6.45) is 2.10. The summed E-state index contributed by atoms with van der Waals surface area (Å²) in [5.74, 6) is -1.00. The molecule has 1 aromatic carbocycles. The summed E-state index contributed by atoms with van der Waals surface area (Å²) in [6, 6.07) is 3.52. The molecule has 0 spiro atoms. The van der Waals surface area contributed by atoms with Crippen LogP contribution >= 0.6 is 15.9 Å². The van der Waals surface area contributed by atoms with E-state index in [1.807, 2.05) is 0 Å². The Kier molecular flexibility index (Phi) is 5.03. The molecule has 7 nitrogen and oxygen atoms in total. The lowest BCUT2D eigenvalue weighted by molar-refractivity contribution is -0.139. The molecule has 0 bridgehead atoms. The Morgan fingerprint density at radius 2 is 2.32 bits per heavy atom. The van der Waals surface area contributed by atoms with Gasteiger partial charge in [-0.1, -0.05) is 22.0 Å². The minimum atomic E-state index is -0.680. The van der Waals surface area contributed by atoms with Crippen molar-refractivity contribution in [2.24, 2.45) is 0 Å². The van der Waals surface area contributed by atoms with E-state index >= 15 is 0 Å². The van der Waals surface area contributed by atoms with Crippen LogP contribution < -0.4 is 5.32 Å². The number of ether oxygens (including phenoxy) is 1. The third-order valence-corrected chi connectivity index (χ3v) is 4.55. The van der Waals surface area contributed by atoms with E-state index in [2.05, 4.69) is 36.0 Å². The third-order valence-electron chi connectivity index (χ3n) is 4.05. The van der Waals surface area contributed by atoms with Crippen molar-refractivity contribution in [3.05, 3.63) is 51.8 Å². The normalized spacial score (nSPS) is 16.3. The van der Waals surface area contributed by atoms with E-state index in [4.69, 9.17) is 0 Å². The van der Waals surface area contributed by atoms with E-state index in [0.29, 0.717) is 28.7 Å². The minimum absolute atomic E-state index is 0.255. The number of benzene rings is 1. The molecular weight excluding hydrogens is 395 g/mol. The van der Waals surface area contributed by atoms with Gasteiger partial charge < -0.3 is 19.9 Å². The van der Waals surface area contributed by atoms with E-state index < -0.39 is 23.9 Å². The number of imidazole rings is 1. The molecule has 2 N–H and O–H groups in total. The van der Waals surface area contributed by atoms with Gasteiger partial charge in [0.05, 0.1) is 19.1 Å². The van der Waals surface area contributed by atoms with Crippen molar-refractivity contribution >= 4 is 27.9 Å². The van der Waals surface area contributed by atoms with Crippen molar-refractivity contribution in [1.29, 1.82) is 0 Å². The van der Waals surface area contributed by atoms with Gasteiger partial charge in [0.15, 0.2) is 0 Å². The third kappa shape index (κ3) is 3.51. The summed E-state index contributed by atoms with van der Waals surface area (Å²) in [5, 5.41) is 2.50. The van der Waals surface area contributed by atoms with Crippen LogP contribution in [0.2, 0.25) is 0 Å². The number of amides is 2. The number of esters is 1. The second-order valence-corrected chi connectivity index (χ2v) is 6.43. The fourth-order valence-corrected chi connectivity index (χ4v) is 3.19. The molecule has 0 radical (unpaired) electrons. The molecule has 2 amide bonds. The molecule has 25 heavy (non-hydrogen) atoms. The predicted octanol–water partition coefficient (Wildman–Crippen LogP) is 2.14. The molecule has 2 heterocycles. The Bertz CT molecular complexity index is 810. The number of aromatic nitrogens is 2. The van der Waals surface area contributed by atoms with E-state index in [-0.39, 0.29) is 6.54 Å². The smallest absolute Gasteiger partial charge is 0.325 e. The molecule has 0 unspecified atom stereocenters. The predicted molar refractivity (Wildman–Crippen MR) is 90.4 cm³/mol. The molecule has 0 aliphatic carbocycles. The fraction of sp³-hybridized carbons (Fsp3) is 0.312. The monoisotopic (exact) mass is 410 g/mol. The Balaban J connectivity index is 1.94. The zero-order valence-corrected chi connectivity index (χ0v) is 15.0. The number of rotatable bonds is 3. The maximum absolute atomic E-state index is 14.5. The highest BCUT2D eigenvalue weighted by Crippen LogP contribution is 2.35. The first kappa shape index (κ1) is 17.4. The number of urea groups is 1. The van der Waals surface area contributed by atoms with Crippen LogP contribution in [0, 0.1) is 5.82 Å². The molecular formula is C16H16BrFN4O3. The van der Waals surface area contributed by atoms with Gasteiger partial charge in [0.1, 0.15) is 18.4 Å². The number of carbonyl (C=O) groups is 2. The first-order chi connectivity index (χ1) is 12.0. The fourth-order valence-electron chi connectivity index (χ4n) is 2.86. The molecule has 1 atom stereocenters. The van der Waals surface area contributed by atoms with Crippen LogP contribution in [-0.4, -0.2) is 47.1 Å². The van der Waals surface area contributed by atoms with Crippen molar-refractivity contribution in [3.63, 3.8) is 0 Å². The van der Waals surface area contributed by atoms with E-state index in [0.717, 1.165) is 5.69 Å². The van der Waals surface area contributed by atoms with Gasteiger partial charge in [0.25, 0.3) is 0 Å². The molecule has 0 saturated carbocycles. The second kappa shape index (κ2) is 7.22. The van der Waals surface area contributed by atoms with E-state index in [1.54, 1.807) is 12.1 Å². The molecule has 9 heteroatoms. The molecule has 0 fully saturated rings. The molecule has 3 rings (SSSR count). The zero-order valence-electron chi connectivity index (χ0n) is 13.4. The van der Waals surface area contributed by atoms with E-state index in [1.165, 1.54) is 24.4 Å². The zero-order chi connectivity index (χ0) is 18.0. The lowest BCUT2D eigenvalue weighted by atomic mass is 9.95. The first-order valence-electron chi connectivity index (χ1n) is 7.59. The number of nitrogens with one attached hydrogen (secondary N) is 2. The summed E-state index contributed by atoms with van der Waals surface area (Å²) in [7, 11) is 1.24. The average Bonchev–Trinajstić information content (AvgIpc) is 3.07. The van der Waals surface area contributed by atoms with Crippen LogP contribution in [0.15, 0.2) is 29.0 Å². The number of nitrogens with zero attached hydrogens (tertiary/aromatic N) is 2. The van der Waals surface area contributed by atoms with Crippen molar-refractivity contribution in [1.82, 2.24) is 20.2 Å². The molecule has 1 aromatic heterocycles. The standard InChI is InChI=1S/C16H16BrFN4O3/c1-25-13(23)7-19-16(24)22-5-4-12-14(21-8-20-12)15(22)10-3-2-9(17)6-11(10)18/h2-3,6,8,15H,4-5,7H2,1H3,(H,19,24)(H,20,21)/t15-/m1/s1. The number of carbonyl (C=O) groups excluding carboxylic acids is 2. The van der Waals surface area contributed by atoms with Gasteiger partial charge in [-0.05, 0) is 12.1 Å². The Morgan fingerprint density at radius 1 is 1.52 bits per heavy atom. The van der Waals surface area contributed by atoms with Gasteiger partial charge in [-0.25, -0.2) is 14.2 Å². The maximum Gasteiger partial charge on any atom is 0.325 e. The van der Waals surface area contributed by atoms with Crippen molar-refractivity contribution in [2.45, 2.75) is 12.5 Å². The number of methoxy groups -OCH3 is 1. The van der Waals surface area contributed by atoms with Crippen molar-refractivity contribution in [2.75, 3.05) is 20.2 Å². The number of hydrogen-bond acceptors (Lipinski definition) is 4. The summed E-state index contributed by atoms with van der Waals surface area (Å²) in [5.41, 5.74) is 1.80. The van der Waals surface area contributed by atoms with Crippen LogP contribution in [0.1, 0.15) is 23.0 Å². The number of halogens is 2. The van der Waals surface area contributed by atoms with Gasteiger partial charge in [0, 0.05) is 28.7 Å². The number of aromatic amines is 1. The Hall–Kier alpha value is -2.42. The highest BCUT2D eigenvalue weighted by atomic mass is 79.9. The maximum atomic E-state index is 14.5. The number of fused-ring (bicyclic) bond motifs is 1. The van der Waals surface area contributed by atoms with E-state index in [9.17, 15) is 14.0 Å². The summed E-state index contributed by atoms with van der Waals surface area (Å²) < 4.78 is 19.7. The molecule has 2 aromatic rings. The lowest BCUT2D eigenvalue weighted by Crippen LogP contribution is -2.47. The molecule has 1 aliphatic rings. The Labute approximate surface area is 151 Å². The topological polar surface area (TPSA) is 87.3 Å². The van der Waals surface area contributed by atoms with Crippen molar-refractivity contribution in [3.8, 4) is 0 Å². The molecule has 1 aliphatic heterocycles. The van der Waals surface area contributed by atoms with Crippen LogP contribution in [0.5, 0.6) is 0 Å². The van der Waals surface area contributed by atoms with Crippen LogP contribution in [0.3, 0.4) is 0 Å². The van der Waals surface area contributed by atoms with Gasteiger partial charge in [-0.3, -0.25) is 4.79 Å². The highest BCUT2D eigenvalue weighted by Gasteiger charge is 2.35. The number of hydrogen-bond donors (Lipinski definition) is 2. The SMILES string of the molecule is COC(=O)CNC(=O)N1CCc2[nH]cnc2[C@H]1c1ccc(Br)cc1F. The second-order valence-electron chi connectivity index (χ2n) is 5.51.